The summed E-state index contributed by atoms with van der Waals surface area (Å²) in [6, 6.07) is 4.15. The summed E-state index contributed by atoms with van der Waals surface area (Å²) in [5, 5.41) is 0. The standard InChI is InChI=1S/C26H30O4/c1-5-15-28-23-12-9-20(27-6-2)8-10-21(23)19-16-18-7-11-24-22(25(18)29-17-19)13-14-26(3,4)30-24/h5,7-8,10-12,16H,1,6,9,13-15,17H2,2-4H3. The van der Waals surface area contributed by atoms with Crippen molar-refractivity contribution in [2.75, 3.05) is 19.8 Å². The van der Waals surface area contributed by atoms with E-state index in [1.165, 1.54) is 5.56 Å². The van der Waals surface area contributed by atoms with E-state index in [1.807, 2.05) is 13.0 Å². The normalized spacial score (nSPS) is 19.3. The van der Waals surface area contributed by atoms with Gasteiger partial charge in [-0.25, -0.2) is 0 Å². The van der Waals surface area contributed by atoms with E-state index in [0.29, 0.717) is 26.2 Å². The summed E-state index contributed by atoms with van der Waals surface area (Å²) in [4.78, 5) is 0. The fourth-order valence-electron chi connectivity index (χ4n) is 4.03. The van der Waals surface area contributed by atoms with Crippen LogP contribution in [0.2, 0.25) is 0 Å². The minimum Gasteiger partial charge on any atom is -0.498 e. The van der Waals surface area contributed by atoms with Crippen molar-refractivity contribution in [1.29, 1.82) is 0 Å². The van der Waals surface area contributed by atoms with Crippen molar-refractivity contribution in [3.8, 4) is 11.5 Å². The molecule has 0 aromatic heterocycles. The van der Waals surface area contributed by atoms with Crippen LogP contribution in [0, 0.1) is 0 Å². The topological polar surface area (TPSA) is 36.9 Å². The second kappa shape index (κ2) is 8.47. The number of hydrogen-bond acceptors (Lipinski definition) is 4. The Morgan fingerprint density at radius 2 is 2.07 bits per heavy atom. The van der Waals surface area contributed by atoms with E-state index in [2.05, 4.69) is 50.8 Å². The van der Waals surface area contributed by atoms with Crippen LogP contribution in [0.4, 0.5) is 0 Å². The van der Waals surface area contributed by atoms with E-state index < -0.39 is 0 Å². The summed E-state index contributed by atoms with van der Waals surface area (Å²) >= 11 is 0. The van der Waals surface area contributed by atoms with Crippen LogP contribution in [0.15, 0.2) is 65.7 Å². The molecule has 0 unspecified atom stereocenters. The van der Waals surface area contributed by atoms with Gasteiger partial charge in [-0.2, -0.15) is 0 Å². The molecule has 0 bridgehead atoms. The molecule has 1 aromatic rings. The van der Waals surface area contributed by atoms with Crippen molar-refractivity contribution in [2.24, 2.45) is 0 Å². The maximum atomic E-state index is 6.28. The molecule has 4 rings (SSSR count). The van der Waals surface area contributed by atoms with Crippen molar-refractivity contribution in [2.45, 2.75) is 45.6 Å². The molecular formula is C26H30O4. The van der Waals surface area contributed by atoms with Gasteiger partial charge in [-0.1, -0.05) is 12.7 Å². The minimum atomic E-state index is -0.130. The van der Waals surface area contributed by atoms with Gasteiger partial charge in [-0.3, -0.25) is 0 Å². The van der Waals surface area contributed by atoms with Crippen LogP contribution in [0.5, 0.6) is 11.5 Å². The summed E-state index contributed by atoms with van der Waals surface area (Å²) in [6.45, 7) is 11.6. The van der Waals surface area contributed by atoms with Gasteiger partial charge >= 0.3 is 0 Å². The van der Waals surface area contributed by atoms with Gasteiger partial charge < -0.3 is 18.9 Å². The van der Waals surface area contributed by atoms with Gasteiger partial charge in [-0.15, -0.1) is 0 Å². The average molecular weight is 407 g/mol. The lowest BCUT2D eigenvalue weighted by Gasteiger charge is -2.34. The first kappa shape index (κ1) is 20.4. The van der Waals surface area contributed by atoms with Gasteiger partial charge in [-0.05, 0) is 70.0 Å². The fourth-order valence-corrected chi connectivity index (χ4v) is 4.03. The molecule has 0 N–H and O–H groups in total. The zero-order valence-electron chi connectivity index (χ0n) is 18.1. The largest absolute Gasteiger partial charge is 0.498 e. The molecule has 0 radical (unpaired) electrons. The monoisotopic (exact) mass is 406 g/mol. The molecule has 30 heavy (non-hydrogen) atoms. The molecule has 1 aromatic carbocycles. The Hall–Kier alpha value is -2.88. The Kier molecular flexibility index (Phi) is 5.76. The van der Waals surface area contributed by atoms with Crippen LogP contribution in [-0.4, -0.2) is 25.4 Å². The molecule has 2 heterocycles. The first-order chi connectivity index (χ1) is 14.5. The zero-order chi connectivity index (χ0) is 21.1. The average Bonchev–Trinajstić information content (AvgIpc) is 2.93. The van der Waals surface area contributed by atoms with Crippen LogP contribution in [0.3, 0.4) is 0 Å². The zero-order valence-corrected chi connectivity index (χ0v) is 18.1. The number of rotatable bonds is 6. The van der Waals surface area contributed by atoms with Crippen molar-refractivity contribution < 1.29 is 18.9 Å². The molecule has 0 saturated heterocycles. The van der Waals surface area contributed by atoms with Crippen molar-refractivity contribution in [3.63, 3.8) is 0 Å². The molecular weight excluding hydrogens is 376 g/mol. The number of benzene rings is 1. The highest BCUT2D eigenvalue weighted by Crippen LogP contribution is 2.43. The summed E-state index contributed by atoms with van der Waals surface area (Å²) < 4.78 is 24.1. The molecule has 3 aliphatic rings. The van der Waals surface area contributed by atoms with E-state index >= 15 is 0 Å². The van der Waals surface area contributed by atoms with Crippen LogP contribution >= 0.6 is 0 Å². The first-order valence-electron chi connectivity index (χ1n) is 10.7. The maximum Gasteiger partial charge on any atom is 0.133 e. The molecule has 4 heteroatoms. The van der Waals surface area contributed by atoms with Gasteiger partial charge in [0.05, 0.1) is 12.4 Å². The van der Waals surface area contributed by atoms with Crippen LogP contribution < -0.4 is 9.47 Å². The summed E-state index contributed by atoms with van der Waals surface area (Å²) in [5.74, 6) is 3.65. The lowest BCUT2D eigenvalue weighted by molar-refractivity contribution is 0.0833. The van der Waals surface area contributed by atoms with Gasteiger partial charge in [0.1, 0.15) is 36.1 Å². The van der Waals surface area contributed by atoms with Gasteiger partial charge in [0.2, 0.25) is 0 Å². The lowest BCUT2D eigenvalue weighted by Crippen LogP contribution is -2.33. The summed E-state index contributed by atoms with van der Waals surface area (Å²) in [5.41, 5.74) is 4.24. The van der Waals surface area contributed by atoms with Crippen molar-refractivity contribution >= 4 is 6.08 Å². The number of fused-ring (bicyclic) bond motifs is 3. The molecule has 158 valence electrons. The van der Waals surface area contributed by atoms with Gasteiger partial charge in [0, 0.05) is 28.7 Å². The Morgan fingerprint density at radius 3 is 2.87 bits per heavy atom. The van der Waals surface area contributed by atoms with E-state index in [-0.39, 0.29) is 5.60 Å². The van der Waals surface area contributed by atoms with E-state index in [0.717, 1.165) is 52.6 Å². The molecule has 0 atom stereocenters. The second-order valence-corrected chi connectivity index (χ2v) is 8.30. The van der Waals surface area contributed by atoms with Crippen molar-refractivity contribution in [1.82, 2.24) is 0 Å². The second-order valence-electron chi connectivity index (χ2n) is 8.30. The third-order valence-corrected chi connectivity index (χ3v) is 5.54. The SMILES string of the molecule is C=CCOC1=CCC(OCC)=CC=C1C1=Cc2ccc3c(c2OC1)CCC(C)(C)O3. The first-order valence-corrected chi connectivity index (χ1v) is 10.7. The predicted octanol–water partition coefficient (Wildman–Crippen LogP) is 5.90. The third kappa shape index (κ3) is 4.18. The van der Waals surface area contributed by atoms with Crippen molar-refractivity contribution in [3.05, 3.63) is 76.8 Å². The fraction of sp³-hybridized carbons (Fsp3) is 0.385. The Bertz CT molecular complexity index is 959. The summed E-state index contributed by atoms with van der Waals surface area (Å²) in [6.07, 6.45) is 12.8. The van der Waals surface area contributed by atoms with Crippen LogP contribution in [0.25, 0.3) is 6.08 Å². The summed E-state index contributed by atoms with van der Waals surface area (Å²) in [7, 11) is 0. The highest BCUT2D eigenvalue weighted by molar-refractivity contribution is 5.72. The highest BCUT2D eigenvalue weighted by atomic mass is 16.5. The molecule has 2 aliphatic heterocycles. The third-order valence-electron chi connectivity index (χ3n) is 5.54. The van der Waals surface area contributed by atoms with Crippen LogP contribution in [0.1, 0.15) is 44.7 Å². The van der Waals surface area contributed by atoms with Gasteiger partial charge in [0.15, 0.2) is 0 Å². The number of hydrogen-bond donors (Lipinski definition) is 0. The highest BCUT2D eigenvalue weighted by Gasteiger charge is 2.31. The van der Waals surface area contributed by atoms with E-state index in [1.54, 1.807) is 6.08 Å². The minimum absolute atomic E-state index is 0.130. The quantitative estimate of drug-likeness (QED) is 0.551. The lowest BCUT2D eigenvalue weighted by atomic mass is 9.90. The Morgan fingerprint density at radius 1 is 1.20 bits per heavy atom. The Balaban J connectivity index is 1.68. The number of allylic oxidation sites excluding steroid dienone is 4. The molecule has 0 saturated carbocycles. The van der Waals surface area contributed by atoms with Gasteiger partial charge in [0.25, 0.3) is 0 Å². The van der Waals surface area contributed by atoms with E-state index in [9.17, 15) is 0 Å². The molecule has 4 nitrogen and oxygen atoms in total. The molecule has 0 spiro atoms. The Labute approximate surface area is 179 Å². The maximum absolute atomic E-state index is 6.28. The molecule has 1 aliphatic carbocycles. The smallest absolute Gasteiger partial charge is 0.133 e. The molecule has 0 amide bonds. The van der Waals surface area contributed by atoms with E-state index in [4.69, 9.17) is 18.9 Å². The predicted molar refractivity (Wildman–Crippen MR) is 120 cm³/mol. The number of ether oxygens (including phenoxy) is 4. The molecule has 0 fully saturated rings. The van der Waals surface area contributed by atoms with Crippen LogP contribution in [-0.2, 0) is 15.9 Å².